The molecule has 0 amide bonds. The van der Waals surface area contributed by atoms with E-state index < -0.39 is 0 Å². The second-order valence-electron chi connectivity index (χ2n) is 9.82. The van der Waals surface area contributed by atoms with E-state index >= 15 is 0 Å². The third-order valence-electron chi connectivity index (χ3n) is 6.83. The van der Waals surface area contributed by atoms with E-state index in [1.807, 2.05) is 76.2 Å². The Kier molecular flexibility index (Phi) is 7.56. The highest BCUT2D eigenvalue weighted by molar-refractivity contribution is 6.86. The molecule has 1 aliphatic heterocycles. The topological polar surface area (TPSA) is 71.2 Å². The number of rotatable bonds is 6. The van der Waals surface area contributed by atoms with Crippen molar-refractivity contribution >= 4 is 40.1 Å². The molecule has 0 fully saturated rings. The van der Waals surface area contributed by atoms with E-state index in [4.69, 9.17) is 9.98 Å². The largest absolute Gasteiger partial charge is 0.287 e. The average molecular weight is 524 g/mol. The Morgan fingerprint density at radius 3 is 1.50 bits per heavy atom. The van der Waals surface area contributed by atoms with E-state index in [0.29, 0.717) is 22.6 Å². The Bertz CT molecular complexity index is 1700. The Morgan fingerprint density at radius 2 is 1.00 bits per heavy atom. The number of Topliss-reactive ketones (excluding diaryl/α,β-unsaturated/α-hetero) is 2. The number of ketones is 2. The Hall–Kier alpha value is -5.03. The summed E-state index contributed by atoms with van der Waals surface area (Å²) in [5.41, 5.74) is 7.27. The molecule has 196 valence electrons. The van der Waals surface area contributed by atoms with Crippen molar-refractivity contribution in [3.05, 3.63) is 142 Å². The van der Waals surface area contributed by atoms with E-state index in [0.717, 1.165) is 33.6 Å². The molecule has 0 N–H and O–H groups in total. The minimum Gasteiger partial charge on any atom is -0.287 e. The summed E-state index contributed by atoms with van der Waals surface area (Å²) in [4.78, 5) is 42.4. The van der Waals surface area contributed by atoms with Crippen LogP contribution in [0.4, 0.5) is 11.4 Å². The van der Waals surface area contributed by atoms with Crippen LogP contribution in [0.5, 0.6) is 0 Å². The maximum Gasteiger partial charge on any atom is 0.213 e. The Balaban J connectivity index is 1.80. The number of aliphatic imine (C=N–C) groups is 3. The molecule has 1 heterocycles. The zero-order valence-corrected chi connectivity index (χ0v) is 23.0. The molecular formula is C35H29N3O2. The number of aryl methyl sites for hydroxylation is 4. The average Bonchev–Trinajstić information content (AvgIpc) is 2.97. The number of carbonyl (C=O) groups is 2. The summed E-state index contributed by atoms with van der Waals surface area (Å²) < 4.78 is 0. The van der Waals surface area contributed by atoms with Gasteiger partial charge in [0.25, 0.3) is 0 Å². The molecule has 4 aromatic rings. The van der Waals surface area contributed by atoms with Crippen LogP contribution in [0.1, 0.15) is 43.0 Å². The van der Waals surface area contributed by atoms with Gasteiger partial charge >= 0.3 is 0 Å². The summed E-state index contributed by atoms with van der Waals surface area (Å²) in [6.07, 6.45) is 1.65. The second-order valence-corrected chi connectivity index (χ2v) is 9.82. The predicted octanol–water partition coefficient (Wildman–Crippen LogP) is 7.87. The maximum atomic E-state index is 14.0. The van der Waals surface area contributed by atoms with Crippen molar-refractivity contribution in [3.8, 4) is 0 Å². The third kappa shape index (κ3) is 5.40. The van der Waals surface area contributed by atoms with Gasteiger partial charge in [-0.15, -0.1) is 0 Å². The first-order chi connectivity index (χ1) is 19.3. The van der Waals surface area contributed by atoms with Gasteiger partial charge < -0.3 is 0 Å². The van der Waals surface area contributed by atoms with Crippen molar-refractivity contribution in [2.45, 2.75) is 27.7 Å². The summed E-state index contributed by atoms with van der Waals surface area (Å²) in [7, 11) is 0. The van der Waals surface area contributed by atoms with Crippen LogP contribution < -0.4 is 0 Å². The molecule has 40 heavy (non-hydrogen) atoms. The number of carbonyl (C=O) groups excluding carboxylic acids is 2. The highest BCUT2D eigenvalue weighted by Gasteiger charge is 2.30. The van der Waals surface area contributed by atoms with Gasteiger partial charge in [0.1, 0.15) is 17.1 Å². The number of benzene rings is 4. The van der Waals surface area contributed by atoms with Crippen LogP contribution in [-0.2, 0) is 0 Å². The lowest BCUT2D eigenvalue weighted by molar-refractivity contribution is 0.103. The molecule has 0 saturated carbocycles. The van der Waals surface area contributed by atoms with Crippen molar-refractivity contribution in [3.63, 3.8) is 0 Å². The second kappa shape index (κ2) is 11.4. The van der Waals surface area contributed by atoms with Crippen molar-refractivity contribution in [2.24, 2.45) is 15.0 Å². The number of hydrogen-bond donors (Lipinski definition) is 0. The summed E-state index contributed by atoms with van der Waals surface area (Å²) in [5, 5.41) is 0. The van der Waals surface area contributed by atoms with Gasteiger partial charge in [0.2, 0.25) is 11.6 Å². The molecule has 0 unspecified atom stereocenters. The summed E-state index contributed by atoms with van der Waals surface area (Å²) >= 11 is 0. The van der Waals surface area contributed by atoms with Crippen molar-refractivity contribution in [1.82, 2.24) is 0 Å². The van der Waals surface area contributed by atoms with E-state index in [1.54, 1.807) is 54.6 Å². The monoisotopic (exact) mass is 523 g/mol. The third-order valence-corrected chi connectivity index (χ3v) is 6.83. The molecule has 4 aromatic carbocycles. The lowest BCUT2D eigenvalue weighted by atomic mass is 9.95. The Labute approximate surface area is 234 Å². The lowest BCUT2D eigenvalue weighted by Crippen LogP contribution is -2.34. The van der Waals surface area contributed by atoms with E-state index in [9.17, 15) is 9.59 Å². The van der Waals surface area contributed by atoms with Gasteiger partial charge in [0.15, 0.2) is 0 Å². The van der Waals surface area contributed by atoms with Crippen LogP contribution in [0.15, 0.2) is 124 Å². The molecule has 0 saturated heterocycles. The molecule has 5 nitrogen and oxygen atoms in total. The van der Waals surface area contributed by atoms with Crippen molar-refractivity contribution in [2.75, 3.05) is 0 Å². The SMILES string of the molecule is Cc1cccc(C)c1N=C1C=C(C(=O)c2ccccc2)N=C(C(=O)c2ccccc2)C1=Nc1c(C)cccc1C. The Morgan fingerprint density at radius 1 is 0.550 bits per heavy atom. The molecule has 1 aliphatic rings. The van der Waals surface area contributed by atoms with Crippen LogP contribution in [0, 0.1) is 27.7 Å². The fourth-order valence-corrected chi connectivity index (χ4v) is 4.65. The fourth-order valence-electron chi connectivity index (χ4n) is 4.65. The molecule has 5 heteroatoms. The van der Waals surface area contributed by atoms with Crippen LogP contribution in [0.2, 0.25) is 0 Å². The molecule has 0 bridgehead atoms. The molecule has 0 atom stereocenters. The van der Waals surface area contributed by atoms with Gasteiger partial charge in [-0.1, -0.05) is 97.1 Å². The van der Waals surface area contributed by atoms with Gasteiger partial charge in [0.05, 0.1) is 17.1 Å². The normalized spacial score (nSPS) is 15.1. The van der Waals surface area contributed by atoms with E-state index in [-0.39, 0.29) is 23.0 Å². The van der Waals surface area contributed by atoms with Crippen LogP contribution in [0.3, 0.4) is 0 Å². The van der Waals surface area contributed by atoms with Gasteiger partial charge in [-0.3, -0.25) is 9.59 Å². The zero-order valence-electron chi connectivity index (χ0n) is 23.0. The summed E-state index contributed by atoms with van der Waals surface area (Å²) in [6.45, 7) is 7.93. The quantitative estimate of drug-likeness (QED) is 0.241. The highest BCUT2D eigenvalue weighted by atomic mass is 16.1. The predicted molar refractivity (Wildman–Crippen MR) is 163 cm³/mol. The molecule has 0 radical (unpaired) electrons. The van der Waals surface area contributed by atoms with Gasteiger partial charge in [-0.25, -0.2) is 15.0 Å². The van der Waals surface area contributed by atoms with Gasteiger partial charge in [0, 0.05) is 11.1 Å². The molecule has 0 spiro atoms. The zero-order chi connectivity index (χ0) is 28.2. The summed E-state index contributed by atoms with van der Waals surface area (Å²) in [6, 6.07) is 29.7. The molecular weight excluding hydrogens is 494 g/mol. The van der Waals surface area contributed by atoms with Crippen LogP contribution in [0.25, 0.3) is 0 Å². The fraction of sp³-hybridized carbons (Fsp3) is 0.114. The maximum absolute atomic E-state index is 14.0. The molecule has 0 aromatic heterocycles. The number of para-hydroxylation sites is 2. The van der Waals surface area contributed by atoms with E-state index in [1.165, 1.54) is 0 Å². The van der Waals surface area contributed by atoms with Crippen LogP contribution >= 0.6 is 0 Å². The van der Waals surface area contributed by atoms with Crippen LogP contribution in [-0.4, -0.2) is 28.7 Å². The first kappa shape index (κ1) is 26.6. The van der Waals surface area contributed by atoms with Crippen molar-refractivity contribution in [1.29, 1.82) is 0 Å². The number of nitrogens with zero attached hydrogens (tertiary/aromatic N) is 3. The number of hydrogen-bond acceptors (Lipinski definition) is 5. The molecule has 5 rings (SSSR count). The minimum absolute atomic E-state index is 0.0839. The minimum atomic E-state index is -0.328. The van der Waals surface area contributed by atoms with Gasteiger partial charge in [-0.05, 0) is 56.0 Å². The first-order valence-electron chi connectivity index (χ1n) is 13.1. The molecule has 0 aliphatic carbocycles. The lowest BCUT2D eigenvalue weighted by Gasteiger charge is -2.18. The highest BCUT2D eigenvalue weighted by Crippen LogP contribution is 2.29. The van der Waals surface area contributed by atoms with Gasteiger partial charge in [-0.2, -0.15) is 0 Å². The van der Waals surface area contributed by atoms with E-state index in [2.05, 4.69) is 4.99 Å². The smallest absolute Gasteiger partial charge is 0.213 e. The first-order valence-corrected chi connectivity index (χ1v) is 13.1. The van der Waals surface area contributed by atoms with Crippen molar-refractivity contribution < 1.29 is 9.59 Å². The summed E-state index contributed by atoms with van der Waals surface area (Å²) in [5.74, 6) is -0.620. The number of allylic oxidation sites excluding steroid dienone is 2. The standard InChI is InChI=1S/C35H29N3O2/c1-22-13-11-14-23(2)30(22)36-28-21-29(34(39)26-17-7-5-8-18-26)37-33(35(40)27-19-9-6-10-20-27)32(28)38-31-24(3)15-12-16-25(31)4/h5-21H,1-4H3.